The molecule has 0 amide bonds. The van der Waals surface area contributed by atoms with Crippen LogP contribution in [-0.2, 0) is 13.1 Å². The zero-order valence-corrected chi connectivity index (χ0v) is 19.5. The van der Waals surface area contributed by atoms with E-state index < -0.39 is 0 Å². The molecule has 0 spiro atoms. The average molecular weight is 509 g/mol. The highest BCUT2D eigenvalue weighted by Crippen LogP contribution is 2.13. The normalized spacial score (nSPS) is 14.3. The van der Waals surface area contributed by atoms with E-state index in [1.54, 1.807) is 12.4 Å². The molecular weight excluding hydrogens is 477 g/mol. The van der Waals surface area contributed by atoms with Gasteiger partial charge in [-0.2, -0.15) is 0 Å². The highest BCUT2D eigenvalue weighted by atomic mass is 127. The number of hydrogen-bond donors (Lipinski definition) is 2. The molecule has 0 atom stereocenters. The molecule has 158 valence electrons. The van der Waals surface area contributed by atoms with E-state index in [9.17, 15) is 0 Å². The Hall–Kier alpha value is -1.87. The van der Waals surface area contributed by atoms with E-state index in [1.807, 2.05) is 12.1 Å². The fourth-order valence-electron chi connectivity index (χ4n) is 3.23. The van der Waals surface area contributed by atoms with Crippen LogP contribution in [-0.4, -0.2) is 48.6 Å². The summed E-state index contributed by atoms with van der Waals surface area (Å²) in [5.74, 6) is 1.58. The Morgan fingerprint density at radius 2 is 1.86 bits per heavy atom. The predicted octanol–water partition coefficient (Wildman–Crippen LogP) is 3.43. The van der Waals surface area contributed by atoms with Crippen LogP contribution in [0.2, 0.25) is 0 Å². The van der Waals surface area contributed by atoms with Crippen LogP contribution in [0, 0.1) is 0 Å². The number of nitrogens with zero attached hydrogens (tertiary/aromatic N) is 3. The molecule has 1 aromatic carbocycles. The first-order chi connectivity index (χ1) is 13.8. The molecule has 29 heavy (non-hydrogen) atoms. The molecule has 2 heterocycles. The largest absolute Gasteiger partial charge is 0.490 e. The molecule has 6 nitrogen and oxygen atoms in total. The Labute approximate surface area is 191 Å². The Morgan fingerprint density at radius 1 is 1.10 bits per heavy atom. The maximum atomic E-state index is 5.65. The van der Waals surface area contributed by atoms with E-state index in [0.29, 0.717) is 19.7 Å². The number of halogens is 1. The molecule has 0 saturated carbocycles. The van der Waals surface area contributed by atoms with Crippen LogP contribution in [0.25, 0.3) is 0 Å². The first kappa shape index (κ1) is 23.4. The molecule has 1 saturated heterocycles. The molecule has 0 unspecified atom stereocenters. The minimum Gasteiger partial charge on any atom is -0.490 e. The number of rotatable bonds is 9. The van der Waals surface area contributed by atoms with Crippen LogP contribution in [0.4, 0.5) is 0 Å². The lowest BCUT2D eigenvalue weighted by molar-refractivity contribution is 0.320. The average Bonchev–Trinajstić information content (AvgIpc) is 3.24. The van der Waals surface area contributed by atoms with Gasteiger partial charge >= 0.3 is 0 Å². The summed E-state index contributed by atoms with van der Waals surface area (Å²) < 4.78 is 5.65. The number of likely N-dealkylation sites (tertiary alicyclic amines) is 1. The van der Waals surface area contributed by atoms with Gasteiger partial charge in [0.05, 0.1) is 19.3 Å². The fourth-order valence-corrected chi connectivity index (χ4v) is 3.23. The molecule has 2 N–H and O–H groups in total. The second-order valence-electron chi connectivity index (χ2n) is 6.96. The van der Waals surface area contributed by atoms with E-state index in [1.165, 1.54) is 37.1 Å². The third-order valence-electron chi connectivity index (χ3n) is 4.69. The summed E-state index contributed by atoms with van der Waals surface area (Å²) in [5.41, 5.74) is 2.60. The summed E-state index contributed by atoms with van der Waals surface area (Å²) in [6, 6.07) is 12.6. The van der Waals surface area contributed by atoms with Crippen LogP contribution in [0.5, 0.6) is 5.75 Å². The second kappa shape index (κ2) is 13.4. The van der Waals surface area contributed by atoms with Crippen molar-refractivity contribution < 1.29 is 4.74 Å². The number of nitrogens with one attached hydrogen (secondary N) is 2. The van der Waals surface area contributed by atoms with E-state index in [0.717, 1.165) is 24.8 Å². The van der Waals surface area contributed by atoms with Gasteiger partial charge in [-0.1, -0.05) is 24.3 Å². The first-order valence-corrected chi connectivity index (χ1v) is 10.2. The number of ether oxygens (including phenoxy) is 1. The molecular formula is C22H32IN5O. The van der Waals surface area contributed by atoms with E-state index >= 15 is 0 Å². The standard InChI is InChI=1S/C22H31N5O.HI/c1-2-24-22(25-12-15-28-21-6-5-11-23-17-21)26-16-19-7-9-20(10-8-19)18-27-13-3-4-14-27;/h5-11,17H,2-4,12-16,18H2,1H3,(H2,24,25,26);1H. The van der Waals surface area contributed by atoms with Crippen molar-refractivity contribution in [3.63, 3.8) is 0 Å². The van der Waals surface area contributed by atoms with Gasteiger partial charge in [-0.05, 0) is 56.1 Å². The molecule has 1 fully saturated rings. The van der Waals surface area contributed by atoms with Crippen LogP contribution in [0.1, 0.15) is 30.9 Å². The number of aromatic nitrogens is 1. The smallest absolute Gasteiger partial charge is 0.191 e. The molecule has 0 aliphatic carbocycles. The lowest BCUT2D eigenvalue weighted by Crippen LogP contribution is -2.39. The van der Waals surface area contributed by atoms with E-state index in [4.69, 9.17) is 4.74 Å². The number of pyridine rings is 1. The highest BCUT2D eigenvalue weighted by molar-refractivity contribution is 14.0. The second-order valence-corrected chi connectivity index (χ2v) is 6.96. The SMILES string of the molecule is CCNC(=NCc1ccc(CN2CCCC2)cc1)NCCOc1cccnc1.I. The molecule has 0 bridgehead atoms. The lowest BCUT2D eigenvalue weighted by Gasteiger charge is -2.14. The van der Waals surface area contributed by atoms with Crippen LogP contribution >= 0.6 is 24.0 Å². The minimum atomic E-state index is 0. The Morgan fingerprint density at radius 3 is 2.55 bits per heavy atom. The summed E-state index contributed by atoms with van der Waals surface area (Å²) in [5, 5.41) is 6.58. The highest BCUT2D eigenvalue weighted by Gasteiger charge is 2.11. The number of aliphatic imine (C=N–C) groups is 1. The summed E-state index contributed by atoms with van der Waals surface area (Å²) in [6.45, 7) is 8.30. The van der Waals surface area contributed by atoms with Crippen molar-refractivity contribution in [1.29, 1.82) is 0 Å². The van der Waals surface area contributed by atoms with Crippen molar-refractivity contribution in [2.75, 3.05) is 32.8 Å². The molecule has 7 heteroatoms. The van der Waals surface area contributed by atoms with Gasteiger partial charge in [0, 0.05) is 19.3 Å². The Kier molecular flexibility index (Phi) is 10.8. The first-order valence-electron chi connectivity index (χ1n) is 10.2. The third kappa shape index (κ3) is 8.57. The van der Waals surface area contributed by atoms with Crippen molar-refractivity contribution >= 4 is 29.9 Å². The summed E-state index contributed by atoms with van der Waals surface area (Å²) >= 11 is 0. The van der Waals surface area contributed by atoms with Crippen LogP contribution < -0.4 is 15.4 Å². The maximum absolute atomic E-state index is 5.65. The molecule has 0 radical (unpaired) electrons. The van der Waals surface area contributed by atoms with Crippen molar-refractivity contribution in [2.24, 2.45) is 4.99 Å². The van der Waals surface area contributed by atoms with E-state index in [-0.39, 0.29) is 24.0 Å². The minimum absolute atomic E-state index is 0. The van der Waals surface area contributed by atoms with Gasteiger partial charge in [0.1, 0.15) is 12.4 Å². The number of guanidine groups is 1. The molecule has 1 aliphatic heterocycles. The van der Waals surface area contributed by atoms with Crippen LogP contribution in [0.3, 0.4) is 0 Å². The Bertz CT molecular complexity index is 718. The fraction of sp³-hybridized carbons (Fsp3) is 0.455. The van der Waals surface area contributed by atoms with Crippen molar-refractivity contribution in [2.45, 2.75) is 32.9 Å². The van der Waals surface area contributed by atoms with Crippen LogP contribution in [0.15, 0.2) is 53.8 Å². The van der Waals surface area contributed by atoms with Gasteiger partial charge in [0.2, 0.25) is 0 Å². The van der Waals surface area contributed by atoms with Gasteiger partial charge in [-0.15, -0.1) is 24.0 Å². The lowest BCUT2D eigenvalue weighted by atomic mass is 10.1. The van der Waals surface area contributed by atoms with Gasteiger partial charge in [-0.25, -0.2) is 4.99 Å². The van der Waals surface area contributed by atoms with Gasteiger partial charge in [0.15, 0.2) is 5.96 Å². The van der Waals surface area contributed by atoms with Gasteiger partial charge in [-0.3, -0.25) is 9.88 Å². The summed E-state index contributed by atoms with van der Waals surface area (Å²) in [4.78, 5) is 11.2. The summed E-state index contributed by atoms with van der Waals surface area (Å²) in [6.07, 6.45) is 6.12. The predicted molar refractivity (Wildman–Crippen MR) is 129 cm³/mol. The topological polar surface area (TPSA) is 61.8 Å². The molecule has 3 rings (SSSR count). The zero-order valence-electron chi connectivity index (χ0n) is 17.1. The molecule has 1 aliphatic rings. The van der Waals surface area contributed by atoms with Gasteiger partial charge < -0.3 is 15.4 Å². The Balaban J connectivity index is 0.00000300. The zero-order chi connectivity index (χ0) is 19.4. The number of hydrogen-bond acceptors (Lipinski definition) is 4. The number of benzene rings is 1. The van der Waals surface area contributed by atoms with E-state index in [2.05, 4.69) is 56.7 Å². The van der Waals surface area contributed by atoms with Crippen molar-refractivity contribution in [3.8, 4) is 5.75 Å². The quantitative estimate of drug-likeness (QED) is 0.235. The van der Waals surface area contributed by atoms with Crippen molar-refractivity contribution in [1.82, 2.24) is 20.5 Å². The summed E-state index contributed by atoms with van der Waals surface area (Å²) in [7, 11) is 0. The molecule has 1 aromatic heterocycles. The van der Waals surface area contributed by atoms with Gasteiger partial charge in [0.25, 0.3) is 0 Å². The maximum Gasteiger partial charge on any atom is 0.191 e. The van der Waals surface area contributed by atoms with Crippen molar-refractivity contribution in [3.05, 3.63) is 59.9 Å². The molecule has 2 aromatic rings. The monoisotopic (exact) mass is 509 g/mol. The third-order valence-corrected chi connectivity index (χ3v) is 4.69.